The zero-order valence-electron chi connectivity index (χ0n) is 10.8. The lowest BCUT2D eigenvalue weighted by Crippen LogP contribution is -2.23. The first-order valence-corrected chi connectivity index (χ1v) is 5.87. The van der Waals surface area contributed by atoms with Crippen molar-refractivity contribution in [2.45, 2.75) is 13.8 Å². The summed E-state index contributed by atoms with van der Waals surface area (Å²) in [7, 11) is 0. The Morgan fingerprint density at radius 1 is 1.26 bits per heavy atom. The molecule has 2 rings (SSSR count). The number of benzene rings is 1. The summed E-state index contributed by atoms with van der Waals surface area (Å²) in [5.41, 5.74) is 2.22. The average Bonchev–Trinajstić information content (AvgIpc) is 2.77. The Kier molecular flexibility index (Phi) is 3.97. The van der Waals surface area contributed by atoms with Crippen LogP contribution >= 0.6 is 0 Å². The van der Waals surface area contributed by atoms with Gasteiger partial charge in [0, 0.05) is 12.3 Å². The van der Waals surface area contributed by atoms with Gasteiger partial charge in [0.15, 0.2) is 5.82 Å². The second kappa shape index (κ2) is 5.86. The van der Waals surface area contributed by atoms with E-state index in [9.17, 15) is 4.79 Å². The lowest BCUT2D eigenvalue weighted by atomic mass is 10.1. The summed E-state index contributed by atoms with van der Waals surface area (Å²) in [5.74, 6) is 1.03. The first-order valence-electron chi connectivity index (χ1n) is 5.87. The molecule has 19 heavy (non-hydrogen) atoms. The molecule has 1 aromatic heterocycles. The fourth-order valence-electron chi connectivity index (χ4n) is 1.47. The quantitative estimate of drug-likeness (QED) is 0.887. The van der Waals surface area contributed by atoms with Crippen LogP contribution in [0.5, 0.6) is 0 Å². The van der Waals surface area contributed by atoms with E-state index in [0.29, 0.717) is 11.6 Å². The third-order valence-corrected chi connectivity index (χ3v) is 2.44. The number of hydrogen-bond acceptors (Lipinski definition) is 3. The van der Waals surface area contributed by atoms with Gasteiger partial charge in [-0.25, -0.2) is 4.79 Å². The number of aryl methyl sites for hydroxylation is 2. The Morgan fingerprint density at radius 3 is 2.63 bits per heavy atom. The van der Waals surface area contributed by atoms with Gasteiger partial charge in [-0.05, 0) is 25.5 Å². The van der Waals surface area contributed by atoms with Crippen LogP contribution in [0.25, 0.3) is 6.08 Å². The van der Waals surface area contributed by atoms with Gasteiger partial charge in [0.05, 0.1) is 0 Å². The van der Waals surface area contributed by atoms with Crippen LogP contribution in [0.4, 0.5) is 10.6 Å². The normalized spacial score (nSPS) is 10.6. The van der Waals surface area contributed by atoms with Crippen molar-refractivity contribution in [1.82, 2.24) is 10.5 Å². The number of carbonyl (C=O) groups excluding carboxylic acids is 1. The van der Waals surface area contributed by atoms with E-state index in [1.807, 2.05) is 37.3 Å². The Hall–Kier alpha value is -2.56. The van der Waals surface area contributed by atoms with Gasteiger partial charge >= 0.3 is 6.03 Å². The number of rotatable bonds is 3. The van der Waals surface area contributed by atoms with Crippen LogP contribution in [0, 0.1) is 13.8 Å². The van der Waals surface area contributed by atoms with Crippen LogP contribution in [0.3, 0.4) is 0 Å². The molecule has 0 saturated heterocycles. The van der Waals surface area contributed by atoms with E-state index in [1.54, 1.807) is 19.2 Å². The Morgan fingerprint density at radius 2 is 2.00 bits per heavy atom. The molecule has 0 unspecified atom stereocenters. The van der Waals surface area contributed by atoms with E-state index >= 15 is 0 Å². The molecule has 98 valence electrons. The fourth-order valence-corrected chi connectivity index (χ4v) is 1.47. The van der Waals surface area contributed by atoms with Crippen LogP contribution in [-0.2, 0) is 0 Å². The smallest absolute Gasteiger partial charge is 0.324 e. The number of nitrogens with zero attached hydrogens (tertiary/aromatic N) is 1. The standard InChI is InChI=1S/C14H15N3O2/c1-10-3-5-12(6-4-10)7-8-15-14(18)16-13-9-11(2)19-17-13/h3-9H,1-2H3,(H2,15,16,17,18)/b8-7+. The molecule has 0 spiro atoms. The summed E-state index contributed by atoms with van der Waals surface area (Å²) in [6.45, 7) is 3.78. The van der Waals surface area contributed by atoms with E-state index in [0.717, 1.165) is 5.56 Å². The van der Waals surface area contributed by atoms with Crippen molar-refractivity contribution < 1.29 is 9.32 Å². The summed E-state index contributed by atoms with van der Waals surface area (Å²) < 4.78 is 4.84. The highest BCUT2D eigenvalue weighted by atomic mass is 16.5. The third kappa shape index (κ3) is 3.99. The molecule has 0 bridgehead atoms. The molecule has 0 fully saturated rings. The predicted molar refractivity (Wildman–Crippen MR) is 73.6 cm³/mol. The topological polar surface area (TPSA) is 67.2 Å². The highest BCUT2D eigenvalue weighted by Crippen LogP contribution is 2.07. The van der Waals surface area contributed by atoms with Gasteiger partial charge in [0.2, 0.25) is 0 Å². The van der Waals surface area contributed by atoms with Crippen molar-refractivity contribution in [2.24, 2.45) is 0 Å². The number of carbonyl (C=O) groups is 1. The highest BCUT2D eigenvalue weighted by Gasteiger charge is 2.03. The van der Waals surface area contributed by atoms with Crippen molar-refractivity contribution in [2.75, 3.05) is 5.32 Å². The van der Waals surface area contributed by atoms with E-state index < -0.39 is 0 Å². The van der Waals surface area contributed by atoms with Crippen LogP contribution < -0.4 is 10.6 Å². The molecule has 2 aromatic rings. The van der Waals surface area contributed by atoms with Crippen molar-refractivity contribution in [3.63, 3.8) is 0 Å². The molecule has 0 aliphatic carbocycles. The Balaban J connectivity index is 1.84. The summed E-state index contributed by atoms with van der Waals surface area (Å²) in [6.07, 6.45) is 3.39. The van der Waals surface area contributed by atoms with Gasteiger partial charge < -0.3 is 9.84 Å². The number of amides is 2. The van der Waals surface area contributed by atoms with Crippen molar-refractivity contribution in [1.29, 1.82) is 0 Å². The van der Waals surface area contributed by atoms with Crippen molar-refractivity contribution in [3.8, 4) is 0 Å². The van der Waals surface area contributed by atoms with Crippen LogP contribution in [0.15, 0.2) is 41.1 Å². The van der Waals surface area contributed by atoms with E-state index in [2.05, 4.69) is 15.8 Å². The zero-order valence-corrected chi connectivity index (χ0v) is 10.8. The van der Waals surface area contributed by atoms with Crippen molar-refractivity contribution in [3.05, 3.63) is 53.4 Å². The molecular weight excluding hydrogens is 242 g/mol. The van der Waals surface area contributed by atoms with Gasteiger partial charge in [0.25, 0.3) is 0 Å². The average molecular weight is 257 g/mol. The molecule has 1 heterocycles. The number of anilines is 1. The largest absolute Gasteiger partial charge is 0.360 e. The molecule has 5 nitrogen and oxygen atoms in total. The second-order valence-corrected chi connectivity index (χ2v) is 4.17. The summed E-state index contributed by atoms with van der Waals surface area (Å²) in [4.78, 5) is 11.5. The lowest BCUT2D eigenvalue weighted by Gasteiger charge is -1.99. The van der Waals surface area contributed by atoms with Crippen LogP contribution in [-0.4, -0.2) is 11.2 Å². The molecule has 5 heteroatoms. The minimum atomic E-state index is -0.364. The maximum atomic E-state index is 11.5. The Labute approximate surface area is 111 Å². The summed E-state index contributed by atoms with van der Waals surface area (Å²) in [6, 6.07) is 9.26. The maximum absolute atomic E-state index is 11.5. The van der Waals surface area contributed by atoms with Gasteiger partial charge in [-0.15, -0.1) is 0 Å². The van der Waals surface area contributed by atoms with Crippen LogP contribution in [0.2, 0.25) is 0 Å². The van der Waals surface area contributed by atoms with Crippen molar-refractivity contribution >= 4 is 17.9 Å². The maximum Gasteiger partial charge on any atom is 0.324 e. The van der Waals surface area contributed by atoms with Gasteiger partial charge in [-0.3, -0.25) is 5.32 Å². The molecule has 1 aromatic carbocycles. The first kappa shape index (κ1) is 12.9. The summed E-state index contributed by atoms with van der Waals surface area (Å²) >= 11 is 0. The van der Waals surface area contributed by atoms with Gasteiger partial charge in [-0.2, -0.15) is 0 Å². The monoisotopic (exact) mass is 257 g/mol. The van der Waals surface area contributed by atoms with Gasteiger partial charge in [-0.1, -0.05) is 35.0 Å². The minimum absolute atomic E-state index is 0.364. The predicted octanol–water partition coefficient (Wildman–Crippen LogP) is 3.08. The van der Waals surface area contributed by atoms with E-state index in [1.165, 1.54) is 5.56 Å². The molecule has 2 N–H and O–H groups in total. The van der Waals surface area contributed by atoms with E-state index in [4.69, 9.17) is 4.52 Å². The SMILES string of the molecule is Cc1ccc(/C=C/NC(=O)Nc2cc(C)on2)cc1. The molecule has 0 radical (unpaired) electrons. The molecule has 0 saturated carbocycles. The van der Waals surface area contributed by atoms with Gasteiger partial charge in [0.1, 0.15) is 5.76 Å². The Bertz CT molecular complexity index is 585. The first-order chi connectivity index (χ1) is 9.13. The zero-order chi connectivity index (χ0) is 13.7. The molecular formula is C14H15N3O2. The van der Waals surface area contributed by atoms with Crippen LogP contribution in [0.1, 0.15) is 16.9 Å². The molecule has 2 amide bonds. The minimum Gasteiger partial charge on any atom is -0.360 e. The number of aromatic nitrogens is 1. The summed E-state index contributed by atoms with van der Waals surface area (Å²) in [5, 5.41) is 8.80. The number of hydrogen-bond donors (Lipinski definition) is 2. The highest BCUT2D eigenvalue weighted by molar-refractivity contribution is 5.89. The molecule has 0 atom stereocenters. The number of nitrogens with one attached hydrogen (secondary N) is 2. The molecule has 0 aliphatic heterocycles. The molecule has 0 aliphatic rings. The lowest BCUT2D eigenvalue weighted by molar-refractivity contribution is 0.255. The fraction of sp³-hybridized carbons (Fsp3) is 0.143. The third-order valence-electron chi connectivity index (χ3n) is 2.44. The second-order valence-electron chi connectivity index (χ2n) is 4.17. The number of urea groups is 1. The van der Waals surface area contributed by atoms with E-state index in [-0.39, 0.29) is 6.03 Å².